The van der Waals surface area contributed by atoms with Gasteiger partial charge in [-0.3, -0.25) is 0 Å². The van der Waals surface area contributed by atoms with Crippen molar-refractivity contribution in [3.63, 3.8) is 0 Å². The molecule has 1 rings (SSSR count). The Morgan fingerprint density at radius 2 is 1.53 bits per heavy atom. The summed E-state index contributed by atoms with van der Waals surface area (Å²) in [6, 6.07) is 0. The van der Waals surface area contributed by atoms with Gasteiger partial charge in [-0.25, -0.2) is 0 Å². The number of hydrogen-bond acceptors (Lipinski definition) is 1. The van der Waals surface area contributed by atoms with Crippen molar-refractivity contribution < 1.29 is 4.74 Å². The van der Waals surface area contributed by atoms with Crippen LogP contribution in [0.5, 0.6) is 0 Å². The largest absolute Gasteiger partial charge is 0.377 e. The molecule has 1 aliphatic carbocycles. The van der Waals surface area contributed by atoms with Gasteiger partial charge in [-0.05, 0) is 55.8 Å². The van der Waals surface area contributed by atoms with Crippen LogP contribution >= 0.6 is 0 Å². The summed E-state index contributed by atoms with van der Waals surface area (Å²) < 4.78 is 6.31. The Kier molecular flexibility index (Phi) is 5.50. The van der Waals surface area contributed by atoms with Gasteiger partial charge in [0, 0.05) is 0 Å². The fourth-order valence-electron chi connectivity index (χ4n) is 3.32. The molecule has 1 fully saturated rings. The molecule has 1 aliphatic rings. The van der Waals surface area contributed by atoms with E-state index < -0.39 is 0 Å². The lowest BCUT2D eigenvalue weighted by molar-refractivity contribution is -0.139. The molecule has 0 bridgehead atoms. The van der Waals surface area contributed by atoms with Gasteiger partial charge in [-0.1, -0.05) is 34.6 Å². The van der Waals surface area contributed by atoms with Crippen molar-refractivity contribution in [2.75, 3.05) is 6.61 Å². The second kappa shape index (κ2) is 6.22. The lowest BCUT2D eigenvalue weighted by Crippen LogP contribution is -2.47. The topological polar surface area (TPSA) is 9.23 Å². The Morgan fingerprint density at radius 3 is 1.82 bits per heavy atom. The van der Waals surface area contributed by atoms with Gasteiger partial charge in [0.1, 0.15) is 0 Å². The molecule has 0 aliphatic heterocycles. The van der Waals surface area contributed by atoms with E-state index in [2.05, 4.69) is 34.6 Å². The Morgan fingerprint density at radius 1 is 1.00 bits per heavy atom. The molecule has 0 amide bonds. The molecular formula is C16H32O. The molecule has 102 valence electrons. The summed E-state index contributed by atoms with van der Waals surface area (Å²) in [5.41, 5.74) is 0.948. The molecule has 1 saturated carbocycles. The van der Waals surface area contributed by atoms with Crippen LogP contribution in [0.1, 0.15) is 79.6 Å². The maximum Gasteiger partial charge on any atom is 0.0631 e. The standard InChI is InChI=1S/C16H32O/c1-6-15(7-2,8-3)13-17-14-11-12-16(14,9-4)10-5/h14H,6-13H2,1-5H3. The van der Waals surface area contributed by atoms with E-state index in [4.69, 9.17) is 4.74 Å². The van der Waals surface area contributed by atoms with Crippen molar-refractivity contribution >= 4 is 0 Å². The van der Waals surface area contributed by atoms with Crippen LogP contribution < -0.4 is 0 Å². The maximum atomic E-state index is 6.31. The molecule has 0 saturated heterocycles. The van der Waals surface area contributed by atoms with Crippen LogP contribution in [-0.4, -0.2) is 12.7 Å². The van der Waals surface area contributed by atoms with Crippen molar-refractivity contribution in [1.82, 2.24) is 0 Å². The lowest BCUT2D eigenvalue weighted by Gasteiger charge is -2.50. The zero-order valence-electron chi connectivity index (χ0n) is 12.6. The summed E-state index contributed by atoms with van der Waals surface area (Å²) in [4.78, 5) is 0. The first-order valence-electron chi connectivity index (χ1n) is 7.73. The van der Waals surface area contributed by atoms with E-state index in [1.54, 1.807) is 0 Å². The number of ether oxygens (including phenoxy) is 1. The third-order valence-corrected chi connectivity index (χ3v) is 5.84. The van der Waals surface area contributed by atoms with Gasteiger partial charge in [-0.15, -0.1) is 0 Å². The lowest BCUT2D eigenvalue weighted by atomic mass is 9.62. The van der Waals surface area contributed by atoms with E-state index in [9.17, 15) is 0 Å². The van der Waals surface area contributed by atoms with Crippen molar-refractivity contribution in [2.24, 2.45) is 10.8 Å². The Labute approximate surface area is 108 Å². The van der Waals surface area contributed by atoms with Crippen LogP contribution in [0.4, 0.5) is 0 Å². The third-order valence-electron chi connectivity index (χ3n) is 5.84. The van der Waals surface area contributed by atoms with Gasteiger partial charge in [0.05, 0.1) is 12.7 Å². The van der Waals surface area contributed by atoms with Crippen molar-refractivity contribution in [3.05, 3.63) is 0 Å². The molecule has 1 unspecified atom stereocenters. The monoisotopic (exact) mass is 240 g/mol. The van der Waals surface area contributed by atoms with Gasteiger partial charge in [-0.2, -0.15) is 0 Å². The van der Waals surface area contributed by atoms with Crippen LogP contribution in [0.2, 0.25) is 0 Å². The highest BCUT2D eigenvalue weighted by molar-refractivity contribution is 4.95. The second-order valence-corrected chi connectivity index (χ2v) is 5.97. The van der Waals surface area contributed by atoms with E-state index >= 15 is 0 Å². The van der Waals surface area contributed by atoms with E-state index in [1.807, 2.05) is 0 Å². The molecule has 1 atom stereocenters. The molecule has 0 spiro atoms. The predicted octanol–water partition coefficient (Wildman–Crippen LogP) is 5.19. The highest BCUT2D eigenvalue weighted by Crippen LogP contribution is 2.49. The molecule has 1 heteroatoms. The smallest absolute Gasteiger partial charge is 0.0631 e. The zero-order valence-corrected chi connectivity index (χ0v) is 12.6. The van der Waals surface area contributed by atoms with E-state index in [1.165, 1.54) is 44.9 Å². The molecular weight excluding hydrogens is 208 g/mol. The second-order valence-electron chi connectivity index (χ2n) is 5.97. The molecule has 0 radical (unpaired) electrons. The summed E-state index contributed by atoms with van der Waals surface area (Å²) in [6.45, 7) is 12.6. The van der Waals surface area contributed by atoms with Crippen LogP contribution in [-0.2, 0) is 4.74 Å². The summed E-state index contributed by atoms with van der Waals surface area (Å²) in [7, 11) is 0. The highest BCUT2D eigenvalue weighted by atomic mass is 16.5. The van der Waals surface area contributed by atoms with E-state index in [0.717, 1.165) is 6.61 Å². The minimum Gasteiger partial charge on any atom is -0.377 e. The van der Waals surface area contributed by atoms with Crippen molar-refractivity contribution in [2.45, 2.75) is 85.7 Å². The summed E-state index contributed by atoms with van der Waals surface area (Å²) in [5.74, 6) is 0. The minimum absolute atomic E-state index is 0.433. The average molecular weight is 240 g/mol. The number of hydrogen-bond donors (Lipinski definition) is 0. The van der Waals surface area contributed by atoms with Crippen LogP contribution in [0.3, 0.4) is 0 Å². The first kappa shape index (κ1) is 15.0. The van der Waals surface area contributed by atoms with Crippen molar-refractivity contribution in [3.8, 4) is 0 Å². The first-order chi connectivity index (χ1) is 8.12. The molecule has 0 N–H and O–H groups in total. The summed E-state index contributed by atoms with van der Waals surface area (Å²) in [5, 5.41) is 0. The molecule has 0 aromatic rings. The molecule has 17 heavy (non-hydrogen) atoms. The van der Waals surface area contributed by atoms with Gasteiger partial charge >= 0.3 is 0 Å². The van der Waals surface area contributed by atoms with Gasteiger partial charge in [0.15, 0.2) is 0 Å². The maximum absolute atomic E-state index is 6.31. The van der Waals surface area contributed by atoms with Gasteiger partial charge < -0.3 is 4.74 Å². The summed E-state index contributed by atoms with van der Waals surface area (Å²) in [6.07, 6.45) is 9.52. The van der Waals surface area contributed by atoms with Crippen LogP contribution in [0.25, 0.3) is 0 Å². The third kappa shape index (κ3) is 2.86. The zero-order chi connectivity index (χ0) is 12.9. The van der Waals surface area contributed by atoms with Gasteiger partial charge in [0.2, 0.25) is 0 Å². The fourth-order valence-corrected chi connectivity index (χ4v) is 3.32. The molecule has 1 nitrogen and oxygen atoms in total. The quantitative estimate of drug-likeness (QED) is 0.567. The highest BCUT2D eigenvalue weighted by Gasteiger charge is 2.45. The predicted molar refractivity (Wildman–Crippen MR) is 75.3 cm³/mol. The Bertz CT molecular complexity index is 200. The van der Waals surface area contributed by atoms with E-state index in [0.29, 0.717) is 16.9 Å². The van der Waals surface area contributed by atoms with Crippen LogP contribution in [0, 0.1) is 10.8 Å². The number of rotatable bonds is 8. The van der Waals surface area contributed by atoms with Crippen molar-refractivity contribution in [1.29, 1.82) is 0 Å². The molecule has 0 aromatic heterocycles. The van der Waals surface area contributed by atoms with E-state index in [-0.39, 0.29) is 0 Å². The van der Waals surface area contributed by atoms with Crippen LogP contribution in [0.15, 0.2) is 0 Å². The molecule has 0 heterocycles. The fraction of sp³-hybridized carbons (Fsp3) is 1.00. The first-order valence-corrected chi connectivity index (χ1v) is 7.73. The summed E-state index contributed by atoms with van der Waals surface area (Å²) >= 11 is 0. The molecule has 0 aromatic carbocycles. The Hall–Kier alpha value is -0.0400. The van der Waals surface area contributed by atoms with Gasteiger partial charge in [0.25, 0.3) is 0 Å². The average Bonchev–Trinajstić information content (AvgIpc) is 2.36. The minimum atomic E-state index is 0.433. The Balaban J connectivity index is 2.50. The normalized spacial score (nSPS) is 23.5. The SMILES string of the molecule is CCC(CC)(CC)COC1CCC1(CC)CC.